The molecule has 5 atom stereocenters. The van der Waals surface area contributed by atoms with Crippen LogP contribution in [0.1, 0.15) is 21.6 Å². The van der Waals surface area contributed by atoms with Gasteiger partial charge in [0.15, 0.2) is 27.5 Å². The minimum Gasteiger partial charge on any atom is -0.334 e. The molecule has 9 heteroatoms. The molecule has 2 fully saturated rings. The third-order valence-electron chi connectivity index (χ3n) is 5.34. The first-order valence-electron chi connectivity index (χ1n) is 10.4. The van der Waals surface area contributed by atoms with Crippen molar-refractivity contribution in [1.29, 1.82) is 0 Å². The lowest BCUT2D eigenvalue weighted by atomic mass is 10.2. The Hall–Kier alpha value is -0.420. The molecule has 2 aromatic carbocycles. The van der Waals surface area contributed by atoms with Gasteiger partial charge in [0.1, 0.15) is 11.5 Å². The molecule has 4 nitrogen and oxygen atoms in total. The normalized spacial score (nSPS) is 25.2. The van der Waals surface area contributed by atoms with Crippen molar-refractivity contribution in [3.8, 4) is 0 Å². The fourth-order valence-electron chi connectivity index (χ4n) is 3.55. The molecule has 0 saturated carbocycles. The Bertz CT molecular complexity index is 874. The minimum absolute atomic E-state index is 0.0116. The third kappa shape index (κ3) is 7.28. The number of hydrogen-bond donors (Lipinski definition) is 4. The standard InChI is InChI=1S/C22H30N4S5/c23-21(24)27-9-11-30-13-19(30)15-1-5-17(6-2-15)29-18-7-3-16(4-8-18)20-14-31(20)12-10-28-22(25)26/h1-8,19-21H,9-14,23-24H2,(H3,25,26)/q+2/p+2. The van der Waals surface area contributed by atoms with Gasteiger partial charge in [-0.1, -0.05) is 47.8 Å². The summed E-state index contributed by atoms with van der Waals surface area (Å²) in [6.07, 6.45) is 0. The zero-order chi connectivity index (χ0) is 21.8. The Labute approximate surface area is 203 Å². The van der Waals surface area contributed by atoms with Crippen LogP contribution in [0.2, 0.25) is 0 Å². The molecule has 9 N–H and O–H groups in total. The van der Waals surface area contributed by atoms with Crippen LogP contribution in [0.25, 0.3) is 0 Å². The van der Waals surface area contributed by atoms with E-state index in [1.807, 2.05) is 11.8 Å². The Kier molecular flexibility index (Phi) is 8.52. The fourth-order valence-corrected chi connectivity index (χ4v) is 10.9. The first-order valence-corrected chi connectivity index (χ1v) is 16.5. The van der Waals surface area contributed by atoms with Crippen molar-refractivity contribution in [3.05, 3.63) is 59.7 Å². The van der Waals surface area contributed by atoms with Gasteiger partial charge < -0.3 is 5.73 Å². The van der Waals surface area contributed by atoms with Gasteiger partial charge in [-0.25, -0.2) is 0 Å². The van der Waals surface area contributed by atoms with E-state index in [1.54, 1.807) is 23.5 Å². The van der Waals surface area contributed by atoms with E-state index in [-0.39, 0.29) is 5.50 Å². The number of rotatable bonds is 11. The summed E-state index contributed by atoms with van der Waals surface area (Å²) in [6, 6.07) is 18.4. The first-order chi connectivity index (χ1) is 15.0. The Morgan fingerprint density at radius 2 is 1.42 bits per heavy atom. The monoisotopic (exact) mass is 512 g/mol. The summed E-state index contributed by atoms with van der Waals surface area (Å²) in [5.41, 5.74) is 18.1. The van der Waals surface area contributed by atoms with Crippen LogP contribution >= 0.6 is 35.3 Å². The van der Waals surface area contributed by atoms with Gasteiger partial charge in [0.25, 0.3) is 5.17 Å². The van der Waals surface area contributed by atoms with Gasteiger partial charge in [-0.05, 0) is 36.0 Å². The van der Waals surface area contributed by atoms with Gasteiger partial charge in [-0.2, -0.15) is 0 Å². The molecule has 5 unspecified atom stereocenters. The third-order valence-corrected chi connectivity index (χ3v) is 13.1. The molecule has 2 aromatic rings. The van der Waals surface area contributed by atoms with Crippen LogP contribution in [0.4, 0.5) is 0 Å². The smallest absolute Gasteiger partial charge is 0.299 e. The van der Waals surface area contributed by atoms with Crippen LogP contribution in [-0.4, -0.2) is 45.2 Å². The lowest BCUT2D eigenvalue weighted by Gasteiger charge is -2.03. The summed E-state index contributed by atoms with van der Waals surface area (Å²) in [4.78, 5) is 2.63. The Morgan fingerprint density at radius 1 is 0.935 bits per heavy atom. The van der Waals surface area contributed by atoms with Crippen LogP contribution in [0.5, 0.6) is 0 Å². The Morgan fingerprint density at radius 3 is 1.87 bits per heavy atom. The molecule has 4 rings (SSSR count). The highest BCUT2D eigenvalue weighted by atomic mass is 32.2. The quantitative estimate of drug-likeness (QED) is 0.119. The van der Waals surface area contributed by atoms with Crippen molar-refractivity contribution in [1.82, 2.24) is 0 Å². The van der Waals surface area contributed by atoms with E-state index < -0.39 is 0 Å². The van der Waals surface area contributed by atoms with E-state index in [1.165, 1.54) is 43.9 Å². The van der Waals surface area contributed by atoms with E-state index in [9.17, 15) is 0 Å². The summed E-state index contributed by atoms with van der Waals surface area (Å²) >= 11 is 5.20. The fraction of sp³-hybridized carbons (Fsp3) is 0.409. The maximum absolute atomic E-state index is 5.73. The molecular weight excluding hydrogens is 481 g/mol. The second-order valence-corrected chi connectivity index (χ2v) is 16.1. The van der Waals surface area contributed by atoms with Gasteiger partial charge in [-0.3, -0.25) is 16.9 Å². The predicted octanol–water partition coefficient (Wildman–Crippen LogP) is 1.21. The van der Waals surface area contributed by atoms with Crippen molar-refractivity contribution in [2.75, 3.05) is 34.5 Å². The summed E-state index contributed by atoms with van der Waals surface area (Å²) in [5.74, 6) is 7.35. The molecule has 2 aliphatic heterocycles. The van der Waals surface area contributed by atoms with Crippen LogP contribution in [-0.2, 0) is 21.8 Å². The highest BCUT2D eigenvalue weighted by Crippen LogP contribution is 2.43. The van der Waals surface area contributed by atoms with Crippen molar-refractivity contribution in [2.45, 2.75) is 25.8 Å². The molecule has 0 radical (unpaired) electrons. The number of nitrogens with two attached hydrogens (primary N) is 3. The molecule has 0 aliphatic carbocycles. The summed E-state index contributed by atoms with van der Waals surface area (Å²) < 4.78 is 0. The number of thioether (sulfide) groups is 2. The van der Waals surface area contributed by atoms with E-state index >= 15 is 0 Å². The number of benzene rings is 2. The number of amidine groups is 1. The lowest BCUT2D eigenvalue weighted by Crippen LogP contribution is -2.64. The zero-order valence-electron chi connectivity index (χ0n) is 17.6. The maximum atomic E-state index is 5.73. The van der Waals surface area contributed by atoms with Crippen molar-refractivity contribution < 1.29 is 11.1 Å². The van der Waals surface area contributed by atoms with Crippen molar-refractivity contribution in [3.63, 3.8) is 0 Å². The van der Waals surface area contributed by atoms with Crippen LogP contribution in [0.15, 0.2) is 58.3 Å². The molecule has 0 amide bonds. The topological polar surface area (TPSA) is 105 Å². The van der Waals surface area contributed by atoms with Gasteiger partial charge in [0.2, 0.25) is 0 Å². The van der Waals surface area contributed by atoms with Gasteiger partial charge in [0.05, 0.1) is 5.75 Å². The Balaban J connectivity index is 1.22. The SMILES string of the molecule is NC(=[NH2+])SCC[S+]1CC1c1ccc(Sc2ccc(C3C[S+]3CCSC(N)[NH3+])cc2)cc1. The first kappa shape index (κ1) is 23.7. The van der Waals surface area contributed by atoms with Crippen LogP contribution in [0.3, 0.4) is 0 Å². The highest BCUT2D eigenvalue weighted by Gasteiger charge is 2.51. The molecule has 166 valence electrons. The summed E-state index contributed by atoms with van der Waals surface area (Å²) in [5, 5.41) is 7.54. The molecule has 2 aliphatic rings. The van der Waals surface area contributed by atoms with Crippen LogP contribution < -0.4 is 22.6 Å². The number of quaternary nitrogens is 1. The van der Waals surface area contributed by atoms with Gasteiger partial charge in [-0.15, -0.1) is 0 Å². The molecule has 0 spiro atoms. The van der Waals surface area contributed by atoms with Crippen molar-refractivity contribution in [2.24, 2.45) is 11.5 Å². The molecule has 2 heterocycles. The predicted molar refractivity (Wildman–Crippen MR) is 144 cm³/mol. The molecule has 0 bridgehead atoms. The summed E-state index contributed by atoms with van der Waals surface area (Å²) in [7, 11) is 1.06. The number of hydrogen-bond acceptors (Lipinski definition) is 4. The van der Waals surface area contributed by atoms with E-state index in [4.69, 9.17) is 16.9 Å². The largest absolute Gasteiger partial charge is 0.334 e. The zero-order valence-corrected chi connectivity index (χ0v) is 21.7. The van der Waals surface area contributed by atoms with E-state index in [2.05, 4.69) is 54.3 Å². The molecule has 31 heavy (non-hydrogen) atoms. The highest BCUT2D eigenvalue weighted by molar-refractivity contribution is 8.14. The van der Waals surface area contributed by atoms with E-state index in [0.29, 0.717) is 27.0 Å². The minimum atomic E-state index is 0.0116. The molecule has 2 saturated heterocycles. The summed E-state index contributed by atoms with van der Waals surface area (Å²) in [6.45, 7) is 0. The average molecular weight is 513 g/mol. The lowest BCUT2D eigenvalue weighted by molar-refractivity contribution is -0.383. The second kappa shape index (κ2) is 11.1. The van der Waals surface area contributed by atoms with E-state index in [0.717, 1.165) is 22.0 Å². The van der Waals surface area contributed by atoms with Crippen LogP contribution in [0, 0.1) is 0 Å². The van der Waals surface area contributed by atoms with Crippen molar-refractivity contribution >= 4 is 62.2 Å². The average Bonchev–Trinajstić information content (AvgIpc) is 3.65. The van der Waals surface area contributed by atoms with Gasteiger partial charge in [0, 0.05) is 48.5 Å². The maximum Gasteiger partial charge on any atom is 0.299 e. The molecular formula is C22H32N4S5+4. The van der Waals surface area contributed by atoms with Gasteiger partial charge >= 0.3 is 0 Å². The molecule has 0 aromatic heterocycles. The second-order valence-electron chi connectivity index (χ2n) is 7.69.